The van der Waals surface area contributed by atoms with Gasteiger partial charge in [-0.25, -0.2) is 18.4 Å². The summed E-state index contributed by atoms with van der Waals surface area (Å²) in [5, 5.41) is -0.866. The molecular weight excluding hydrogens is 264 g/mol. The molecule has 1 heterocycles. The molecular formula is C6H6ClN2O4S2-. The first-order valence-electron chi connectivity index (χ1n) is 3.73. The third-order valence-corrected chi connectivity index (χ3v) is 4.10. The molecule has 6 nitrogen and oxygen atoms in total. The molecule has 1 aromatic heterocycles. The Morgan fingerprint density at radius 3 is 2.60 bits per heavy atom. The molecule has 0 spiro atoms. The fourth-order valence-corrected chi connectivity index (χ4v) is 2.12. The molecule has 0 bridgehead atoms. The SMILES string of the molecule is CCS(=O)(=O)c1ncc(S(=O)[O-])c(Cl)n1. The summed E-state index contributed by atoms with van der Waals surface area (Å²) in [4.78, 5) is 6.51. The molecule has 1 aromatic rings. The van der Waals surface area contributed by atoms with Crippen molar-refractivity contribution < 1.29 is 17.2 Å². The molecule has 0 aliphatic carbocycles. The molecule has 0 aliphatic heterocycles. The minimum absolute atomic E-state index is 0.177. The van der Waals surface area contributed by atoms with Crippen LogP contribution in [0.3, 0.4) is 0 Å². The molecule has 0 N–H and O–H groups in total. The van der Waals surface area contributed by atoms with Crippen LogP contribution in [-0.4, -0.2) is 32.9 Å². The van der Waals surface area contributed by atoms with Crippen molar-refractivity contribution in [2.75, 3.05) is 5.75 Å². The van der Waals surface area contributed by atoms with Crippen molar-refractivity contribution in [2.45, 2.75) is 17.0 Å². The van der Waals surface area contributed by atoms with Gasteiger partial charge in [0.05, 0.1) is 10.6 Å². The van der Waals surface area contributed by atoms with Crippen LogP contribution in [0.1, 0.15) is 6.92 Å². The Balaban J connectivity index is 3.30. The van der Waals surface area contributed by atoms with Crippen LogP contribution in [0.25, 0.3) is 0 Å². The first kappa shape index (κ1) is 12.5. The highest BCUT2D eigenvalue weighted by Crippen LogP contribution is 2.17. The second-order valence-electron chi connectivity index (χ2n) is 2.45. The molecule has 1 unspecified atom stereocenters. The fourth-order valence-electron chi connectivity index (χ4n) is 0.726. The molecule has 0 saturated carbocycles. The van der Waals surface area contributed by atoms with Crippen molar-refractivity contribution in [1.29, 1.82) is 0 Å². The number of hydrogen-bond donors (Lipinski definition) is 0. The molecule has 9 heteroatoms. The lowest BCUT2D eigenvalue weighted by molar-refractivity contribution is 0.535. The maximum atomic E-state index is 11.3. The minimum Gasteiger partial charge on any atom is -0.768 e. The van der Waals surface area contributed by atoms with Gasteiger partial charge in [-0.1, -0.05) is 18.5 Å². The van der Waals surface area contributed by atoms with E-state index < -0.39 is 31.2 Å². The Labute approximate surface area is 93.9 Å². The van der Waals surface area contributed by atoms with E-state index in [1.165, 1.54) is 6.92 Å². The summed E-state index contributed by atoms with van der Waals surface area (Å²) in [7, 11) is -3.57. The first-order chi connectivity index (χ1) is 6.88. The van der Waals surface area contributed by atoms with Crippen molar-refractivity contribution in [2.24, 2.45) is 0 Å². The first-order valence-corrected chi connectivity index (χ1v) is 6.83. The largest absolute Gasteiger partial charge is 0.768 e. The lowest BCUT2D eigenvalue weighted by Gasteiger charge is -2.07. The van der Waals surface area contributed by atoms with Crippen molar-refractivity contribution >= 4 is 32.5 Å². The molecule has 0 radical (unpaired) electrons. The van der Waals surface area contributed by atoms with Crippen LogP contribution in [0.5, 0.6) is 0 Å². The van der Waals surface area contributed by atoms with Gasteiger partial charge in [-0.3, -0.25) is 4.21 Å². The molecule has 0 aromatic carbocycles. The zero-order chi connectivity index (χ0) is 11.6. The predicted molar refractivity (Wildman–Crippen MR) is 52.0 cm³/mol. The van der Waals surface area contributed by atoms with E-state index in [-0.39, 0.29) is 10.6 Å². The summed E-state index contributed by atoms with van der Waals surface area (Å²) >= 11 is 2.90. The monoisotopic (exact) mass is 269 g/mol. The van der Waals surface area contributed by atoms with Crippen LogP contribution in [-0.2, 0) is 20.9 Å². The molecule has 1 rings (SSSR count). The highest BCUT2D eigenvalue weighted by molar-refractivity contribution is 7.91. The van der Waals surface area contributed by atoms with Crippen molar-refractivity contribution in [3.05, 3.63) is 11.3 Å². The van der Waals surface area contributed by atoms with Crippen LogP contribution in [0.2, 0.25) is 5.15 Å². The van der Waals surface area contributed by atoms with Gasteiger partial charge in [0.15, 0.2) is 0 Å². The molecule has 1 atom stereocenters. The van der Waals surface area contributed by atoms with Crippen LogP contribution >= 0.6 is 11.6 Å². The quantitative estimate of drug-likeness (QED) is 0.440. The summed E-state index contributed by atoms with van der Waals surface area (Å²) < 4.78 is 43.7. The Morgan fingerprint density at radius 1 is 1.60 bits per heavy atom. The predicted octanol–water partition coefficient (Wildman–Crippen LogP) is 0.162. The molecule has 0 fully saturated rings. The van der Waals surface area contributed by atoms with Gasteiger partial charge in [0, 0.05) is 6.20 Å². The van der Waals surface area contributed by atoms with Crippen molar-refractivity contribution in [3.8, 4) is 0 Å². The smallest absolute Gasteiger partial charge is 0.248 e. The van der Waals surface area contributed by atoms with Gasteiger partial charge in [-0.15, -0.1) is 0 Å². The van der Waals surface area contributed by atoms with E-state index in [1.54, 1.807) is 0 Å². The highest BCUT2D eigenvalue weighted by Gasteiger charge is 2.17. The van der Waals surface area contributed by atoms with E-state index in [4.69, 9.17) is 11.6 Å². The zero-order valence-electron chi connectivity index (χ0n) is 7.51. The summed E-state index contributed by atoms with van der Waals surface area (Å²) in [6, 6.07) is 0. The Kier molecular flexibility index (Phi) is 3.77. The number of halogens is 1. The van der Waals surface area contributed by atoms with E-state index >= 15 is 0 Å². The van der Waals surface area contributed by atoms with Gasteiger partial charge >= 0.3 is 0 Å². The minimum atomic E-state index is -3.57. The summed E-state index contributed by atoms with van der Waals surface area (Å²) in [6.45, 7) is 1.42. The van der Waals surface area contributed by atoms with E-state index in [0.717, 1.165) is 6.20 Å². The van der Waals surface area contributed by atoms with Crippen LogP contribution in [0.15, 0.2) is 16.2 Å². The summed E-state index contributed by atoms with van der Waals surface area (Å²) in [5.41, 5.74) is 0. The topological polar surface area (TPSA) is 100 Å². The average Bonchev–Trinajstić information content (AvgIpc) is 2.17. The summed E-state index contributed by atoms with van der Waals surface area (Å²) in [5.74, 6) is -0.177. The van der Waals surface area contributed by atoms with E-state index in [2.05, 4.69) is 9.97 Å². The van der Waals surface area contributed by atoms with Gasteiger partial charge < -0.3 is 4.55 Å². The van der Waals surface area contributed by atoms with Gasteiger partial charge in [0.25, 0.3) is 0 Å². The van der Waals surface area contributed by atoms with Gasteiger partial charge in [0.1, 0.15) is 5.15 Å². The number of aromatic nitrogens is 2. The summed E-state index contributed by atoms with van der Waals surface area (Å²) in [6.07, 6.45) is 0.862. The average molecular weight is 270 g/mol. The van der Waals surface area contributed by atoms with Crippen molar-refractivity contribution in [1.82, 2.24) is 9.97 Å². The maximum absolute atomic E-state index is 11.3. The Morgan fingerprint density at radius 2 is 2.20 bits per heavy atom. The molecule has 0 aliphatic rings. The number of rotatable bonds is 3. The van der Waals surface area contributed by atoms with Crippen molar-refractivity contribution in [3.63, 3.8) is 0 Å². The lowest BCUT2D eigenvalue weighted by Crippen LogP contribution is -2.10. The second-order valence-corrected chi connectivity index (χ2v) is 5.89. The Hall–Kier alpha value is -0.570. The number of sulfone groups is 1. The normalized spacial score (nSPS) is 13.8. The van der Waals surface area contributed by atoms with Gasteiger partial charge in [0.2, 0.25) is 15.0 Å². The number of nitrogens with zero attached hydrogens (tertiary/aromatic N) is 2. The third-order valence-electron chi connectivity index (χ3n) is 1.53. The maximum Gasteiger partial charge on any atom is 0.248 e. The van der Waals surface area contributed by atoms with Gasteiger partial charge in [-0.2, -0.15) is 0 Å². The third kappa shape index (κ3) is 2.71. The lowest BCUT2D eigenvalue weighted by atomic mass is 10.7. The highest BCUT2D eigenvalue weighted by atomic mass is 35.5. The van der Waals surface area contributed by atoms with Crippen LogP contribution in [0.4, 0.5) is 0 Å². The van der Waals surface area contributed by atoms with Crippen LogP contribution in [0, 0.1) is 0 Å². The van der Waals surface area contributed by atoms with E-state index in [1.807, 2.05) is 0 Å². The standard InChI is InChI=1S/C6H7ClN2O4S2/c1-2-15(12,13)6-8-3-4(14(10)11)5(7)9-6/h3H,2H2,1H3,(H,10,11)/p-1. The van der Waals surface area contributed by atoms with Gasteiger partial charge in [-0.05, 0) is 11.1 Å². The molecule has 84 valence electrons. The second kappa shape index (κ2) is 4.52. The zero-order valence-corrected chi connectivity index (χ0v) is 9.90. The molecule has 15 heavy (non-hydrogen) atoms. The van der Waals surface area contributed by atoms with E-state index in [0.29, 0.717) is 0 Å². The Bertz CT molecular complexity index is 502. The van der Waals surface area contributed by atoms with E-state index in [9.17, 15) is 17.2 Å². The molecule has 0 amide bonds. The molecule has 0 saturated heterocycles. The number of hydrogen-bond acceptors (Lipinski definition) is 6. The fraction of sp³-hybridized carbons (Fsp3) is 0.333. The van der Waals surface area contributed by atoms with Crippen LogP contribution < -0.4 is 0 Å².